The molecule has 1 nitrogen and oxygen atoms in total. The van der Waals surface area contributed by atoms with Crippen molar-refractivity contribution in [3.05, 3.63) is 29.3 Å². The minimum absolute atomic E-state index is 0.104. The van der Waals surface area contributed by atoms with Crippen molar-refractivity contribution in [2.24, 2.45) is 0 Å². The van der Waals surface area contributed by atoms with Crippen molar-refractivity contribution in [1.29, 1.82) is 0 Å². The number of aryl methyl sites for hydroxylation is 1. The number of alkyl halides is 1. The van der Waals surface area contributed by atoms with Crippen molar-refractivity contribution in [3.8, 4) is 0 Å². The number of thiol groups is 1. The lowest BCUT2D eigenvalue weighted by Crippen LogP contribution is -2.13. The molecule has 0 heterocycles. The largest absolute Gasteiger partial charge is 0.293 e. The summed E-state index contributed by atoms with van der Waals surface area (Å²) in [6.45, 7) is 3.88. The highest BCUT2D eigenvalue weighted by molar-refractivity contribution is 9.10. The summed E-state index contributed by atoms with van der Waals surface area (Å²) in [7, 11) is 0. The number of halogens is 1. The fourth-order valence-corrected chi connectivity index (χ4v) is 1.93. The van der Waals surface area contributed by atoms with Crippen molar-refractivity contribution in [3.63, 3.8) is 0 Å². The van der Waals surface area contributed by atoms with E-state index in [0.29, 0.717) is 0 Å². The zero-order valence-corrected chi connectivity index (χ0v) is 10.7. The minimum Gasteiger partial charge on any atom is -0.293 e. The lowest BCUT2D eigenvalue weighted by molar-refractivity contribution is 0.0992. The zero-order valence-electron chi connectivity index (χ0n) is 8.25. The van der Waals surface area contributed by atoms with Gasteiger partial charge in [0.05, 0.1) is 4.83 Å². The molecule has 1 aromatic carbocycles. The van der Waals surface area contributed by atoms with Crippen molar-refractivity contribution >= 4 is 34.3 Å². The lowest BCUT2D eigenvalue weighted by atomic mass is 10.0. The Morgan fingerprint density at radius 3 is 2.71 bits per heavy atom. The Morgan fingerprint density at radius 2 is 2.21 bits per heavy atom. The third kappa shape index (κ3) is 2.39. The third-order valence-corrected chi connectivity index (χ3v) is 2.91. The van der Waals surface area contributed by atoms with Crippen LogP contribution in [0.5, 0.6) is 0 Å². The Bertz CT molecular complexity index is 347. The molecule has 76 valence electrons. The standard InChI is InChI=1S/C11H13BrOS/c1-3-8-5-4-6-9(14)10(8)11(13)7(2)12/h4-7,14H,3H2,1-2H3. The molecule has 0 aliphatic heterocycles. The fraction of sp³-hybridized carbons (Fsp3) is 0.364. The maximum atomic E-state index is 11.8. The SMILES string of the molecule is CCc1cccc(S)c1C(=O)C(C)Br. The number of ketones is 1. The molecule has 0 fully saturated rings. The van der Waals surface area contributed by atoms with Crippen LogP contribution >= 0.6 is 28.6 Å². The predicted molar refractivity (Wildman–Crippen MR) is 65.8 cm³/mol. The molecule has 1 rings (SSSR count). The normalized spacial score (nSPS) is 12.6. The van der Waals surface area contributed by atoms with Gasteiger partial charge in [0.15, 0.2) is 5.78 Å². The first-order valence-electron chi connectivity index (χ1n) is 4.57. The molecule has 14 heavy (non-hydrogen) atoms. The first-order chi connectivity index (χ1) is 6.57. The number of hydrogen-bond donors (Lipinski definition) is 1. The van der Waals surface area contributed by atoms with Gasteiger partial charge in [-0.2, -0.15) is 0 Å². The van der Waals surface area contributed by atoms with E-state index in [4.69, 9.17) is 0 Å². The average Bonchev–Trinajstić information content (AvgIpc) is 2.16. The third-order valence-electron chi connectivity index (χ3n) is 2.12. The predicted octanol–water partition coefficient (Wildman–Crippen LogP) is 3.50. The summed E-state index contributed by atoms with van der Waals surface area (Å²) in [4.78, 5) is 12.5. The molecule has 0 radical (unpaired) electrons. The summed E-state index contributed by atoms with van der Waals surface area (Å²) < 4.78 is 0. The molecular weight excluding hydrogens is 260 g/mol. The van der Waals surface area contributed by atoms with Crippen LogP contribution in [-0.2, 0) is 6.42 Å². The Morgan fingerprint density at radius 1 is 1.57 bits per heavy atom. The second kappa shape index (κ2) is 4.99. The zero-order chi connectivity index (χ0) is 10.7. The van der Waals surface area contributed by atoms with Gasteiger partial charge in [0.2, 0.25) is 0 Å². The summed E-state index contributed by atoms with van der Waals surface area (Å²) in [6, 6.07) is 5.75. The van der Waals surface area contributed by atoms with E-state index in [9.17, 15) is 4.79 Å². The van der Waals surface area contributed by atoms with Gasteiger partial charge < -0.3 is 0 Å². The van der Waals surface area contributed by atoms with Crippen LogP contribution in [0.1, 0.15) is 29.8 Å². The van der Waals surface area contributed by atoms with E-state index in [1.165, 1.54) is 0 Å². The van der Waals surface area contributed by atoms with Crippen molar-refractivity contribution in [2.45, 2.75) is 30.0 Å². The van der Waals surface area contributed by atoms with Crippen LogP contribution in [0, 0.1) is 0 Å². The molecule has 3 heteroatoms. The molecule has 0 aliphatic carbocycles. The molecule has 0 amide bonds. The van der Waals surface area contributed by atoms with Crippen LogP contribution in [-0.4, -0.2) is 10.6 Å². The van der Waals surface area contributed by atoms with Crippen LogP contribution in [0.25, 0.3) is 0 Å². The summed E-state index contributed by atoms with van der Waals surface area (Å²) in [6.07, 6.45) is 0.856. The molecule has 0 spiro atoms. The number of rotatable bonds is 3. The number of hydrogen-bond acceptors (Lipinski definition) is 2. The highest BCUT2D eigenvalue weighted by atomic mass is 79.9. The van der Waals surface area contributed by atoms with E-state index in [2.05, 4.69) is 28.6 Å². The minimum atomic E-state index is -0.152. The number of carbonyl (C=O) groups is 1. The van der Waals surface area contributed by atoms with Crippen LogP contribution in [0.3, 0.4) is 0 Å². The van der Waals surface area contributed by atoms with E-state index in [0.717, 1.165) is 22.4 Å². The van der Waals surface area contributed by atoms with Gasteiger partial charge >= 0.3 is 0 Å². The van der Waals surface area contributed by atoms with E-state index in [1.807, 2.05) is 32.0 Å². The van der Waals surface area contributed by atoms with Gasteiger partial charge in [0, 0.05) is 10.5 Å². The van der Waals surface area contributed by atoms with Gasteiger partial charge in [-0.1, -0.05) is 35.0 Å². The Kier molecular flexibility index (Phi) is 4.20. The van der Waals surface area contributed by atoms with E-state index in [1.54, 1.807) is 0 Å². The highest BCUT2D eigenvalue weighted by Crippen LogP contribution is 2.22. The van der Waals surface area contributed by atoms with Gasteiger partial charge in [0.25, 0.3) is 0 Å². The summed E-state index contributed by atoms with van der Waals surface area (Å²) >= 11 is 7.60. The van der Waals surface area contributed by atoms with Crippen LogP contribution in [0.2, 0.25) is 0 Å². The Balaban J connectivity index is 3.23. The van der Waals surface area contributed by atoms with Crippen LogP contribution in [0.4, 0.5) is 0 Å². The fourth-order valence-electron chi connectivity index (χ4n) is 1.36. The highest BCUT2D eigenvalue weighted by Gasteiger charge is 2.17. The van der Waals surface area contributed by atoms with Gasteiger partial charge in [0.1, 0.15) is 0 Å². The monoisotopic (exact) mass is 272 g/mol. The molecule has 0 N–H and O–H groups in total. The van der Waals surface area contributed by atoms with Crippen LogP contribution < -0.4 is 0 Å². The first-order valence-corrected chi connectivity index (χ1v) is 5.93. The maximum absolute atomic E-state index is 11.8. The molecule has 0 aliphatic rings. The quantitative estimate of drug-likeness (QED) is 0.506. The molecular formula is C11H13BrOS. The summed E-state index contributed by atoms with van der Waals surface area (Å²) in [5.74, 6) is 0.104. The Labute approximate surface area is 98.4 Å². The smallest absolute Gasteiger partial charge is 0.177 e. The Hall–Kier alpha value is -0.280. The summed E-state index contributed by atoms with van der Waals surface area (Å²) in [5, 5.41) is 0. The summed E-state index contributed by atoms with van der Waals surface area (Å²) in [5.41, 5.74) is 1.82. The van der Waals surface area contributed by atoms with Crippen molar-refractivity contribution < 1.29 is 4.79 Å². The second-order valence-corrected chi connectivity index (χ2v) is 5.00. The molecule has 1 aromatic rings. The van der Waals surface area contributed by atoms with Gasteiger partial charge in [-0.25, -0.2) is 0 Å². The maximum Gasteiger partial charge on any atom is 0.177 e. The number of benzene rings is 1. The first kappa shape index (κ1) is 11.8. The van der Waals surface area contributed by atoms with Crippen molar-refractivity contribution in [2.75, 3.05) is 0 Å². The molecule has 0 bridgehead atoms. The number of carbonyl (C=O) groups excluding carboxylic acids is 1. The van der Waals surface area contributed by atoms with Crippen molar-refractivity contribution in [1.82, 2.24) is 0 Å². The molecule has 0 aromatic heterocycles. The van der Waals surface area contributed by atoms with E-state index < -0.39 is 0 Å². The van der Waals surface area contributed by atoms with E-state index in [-0.39, 0.29) is 10.6 Å². The number of Topliss-reactive ketones (excluding diaryl/α,β-unsaturated/α-hetero) is 1. The average molecular weight is 273 g/mol. The second-order valence-electron chi connectivity index (χ2n) is 3.15. The lowest BCUT2D eigenvalue weighted by Gasteiger charge is -2.10. The molecule has 0 saturated carbocycles. The van der Waals surface area contributed by atoms with Gasteiger partial charge in [-0.15, -0.1) is 12.6 Å². The van der Waals surface area contributed by atoms with Gasteiger partial charge in [-0.3, -0.25) is 4.79 Å². The van der Waals surface area contributed by atoms with E-state index >= 15 is 0 Å². The molecule has 1 atom stereocenters. The topological polar surface area (TPSA) is 17.1 Å². The van der Waals surface area contributed by atoms with Gasteiger partial charge in [-0.05, 0) is 25.0 Å². The molecule has 1 unspecified atom stereocenters. The molecule has 0 saturated heterocycles. The van der Waals surface area contributed by atoms with Crippen LogP contribution in [0.15, 0.2) is 23.1 Å².